The highest BCUT2D eigenvalue weighted by atomic mass is 19.4. The molecule has 0 amide bonds. The van der Waals surface area contributed by atoms with Crippen LogP contribution in [0.5, 0.6) is 0 Å². The molecule has 0 atom stereocenters. The van der Waals surface area contributed by atoms with Gasteiger partial charge in [0.25, 0.3) is 0 Å². The van der Waals surface area contributed by atoms with Gasteiger partial charge in [0.15, 0.2) is 0 Å². The number of rotatable bonds is 6. The Bertz CT molecular complexity index is 845. The number of hydrogen-bond donors (Lipinski definition) is 2. The zero-order valence-corrected chi connectivity index (χ0v) is 15.7. The molecule has 0 radical (unpaired) electrons. The molecule has 1 aliphatic carbocycles. The minimum atomic E-state index is -4.66. The number of carboxylic acids is 1. The van der Waals surface area contributed by atoms with E-state index in [0.717, 1.165) is 37.5 Å². The van der Waals surface area contributed by atoms with Gasteiger partial charge in [0.1, 0.15) is 11.6 Å². The second-order valence-electron chi connectivity index (χ2n) is 7.36. The lowest BCUT2D eigenvalue weighted by atomic mass is 9.80. The van der Waals surface area contributed by atoms with Gasteiger partial charge in [0.05, 0.1) is 11.5 Å². The zero-order valence-electron chi connectivity index (χ0n) is 15.7. The molecule has 29 heavy (non-hydrogen) atoms. The highest BCUT2D eigenvalue weighted by molar-refractivity contribution is 5.70. The Balaban J connectivity index is 1.59. The summed E-state index contributed by atoms with van der Waals surface area (Å²) in [5, 5.41) is 12.1. The van der Waals surface area contributed by atoms with Crippen molar-refractivity contribution in [1.82, 2.24) is 4.98 Å². The summed E-state index contributed by atoms with van der Waals surface area (Å²) < 4.78 is 53.6. The van der Waals surface area contributed by atoms with Crippen molar-refractivity contribution in [2.45, 2.75) is 38.3 Å². The van der Waals surface area contributed by atoms with Crippen LogP contribution in [-0.4, -0.2) is 22.6 Å². The maximum Gasteiger partial charge on any atom is 0.417 e. The molecule has 1 aliphatic rings. The molecular weight excluding hydrogens is 388 g/mol. The van der Waals surface area contributed by atoms with Gasteiger partial charge >= 0.3 is 12.1 Å². The van der Waals surface area contributed by atoms with Crippen LogP contribution >= 0.6 is 0 Å². The van der Waals surface area contributed by atoms with Crippen molar-refractivity contribution in [1.29, 1.82) is 0 Å². The molecule has 1 aromatic carbocycles. The minimum absolute atomic E-state index is 0.0629. The van der Waals surface area contributed by atoms with E-state index in [4.69, 9.17) is 5.11 Å². The van der Waals surface area contributed by atoms with Crippen molar-refractivity contribution in [3.63, 3.8) is 0 Å². The third-order valence-electron chi connectivity index (χ3n) is 5.43. The molecule has 8 heteroatoms. The molecule has 1 fully saturated rings. The number of anilines is 1. The minimum Gasteiger partial charge on any atom is -0.481 e. The molecule has 2 aromatic rings. The lowest BCUT2D eigenvalue weighted by Gasteiger charge is -2.26. The third-order valence-corrected chi connectivity index (χ3v) is 5.43. The molecule has 3 rings (SSSR count). The molecule has 4 nitrogen and oxygen atoms in total. The van der Waals surface area contributed by atoms with E-state index in [2.05, 4.69) is 10.3 Å². The topological polar surface area (TPSA) is 62.2 Å². The number of carbonyl (C=O) groups is 1. The maximum atomic E-state index is 14.1. The zero-order chi connectivity index (χ0) is 21.0. The average molecular weight is 410 g/mol. The number of pyridine rings is 1. The molecule has 1 saturated carbocycles. The molecule has 0 spiro atoms. The first-order chi connectivity index (χ1) is 13.8. The van der Waals surface area contributed by atoms with E-state index in [1.54, 1.807) is 0 Å². The SMILES string of the molecule is O=C(O)C1CCC(CCNc2ccc(-c3c(F)cccc3C(F)(F)F)cn2)CC1. The standard InChI is InChI=1S/C21H22F4N2O2/c22-17-3-1-2-16(21(23,24)25)19(17)15-8-9-18(27-12-15)26-11-10-13-4-6-14(7-5-13)20(28)29/h1-3,8-9,12-14H,4-7,10-11H2,(H,26,27)(H,28,29). The van der Waals surface area contributed by atoms with Gasteiger partial charge in [-0.25, -0.2) is 9.37 Å². The monoisotopic (exact) mass is 410 g/mol. The quantitative estimate of drug-likeness (QED) is 0.609. The van der Waals surface area contributed by atoms with Crippen molar-refractivity contribution < 1.29 is 27.5 Å². The van der Waals surface area contributed by atoms with Gasteiger partial charge in [0, 0.05) is 23.9 Å². The number of nitrogens with zero attached hydrogens (tertiary/aromatic N) is 1. The number of nitrogens with one attached hydrogen (secondary N) is 1. The van der Waals surface area contributed by atoms with Crippen LogP contribution in [0.1, 0.15) is 37.7 Å². The van der Waals surface area contributed by atoms with Gasteiger partial charge in [0.2, 0.25) is 0 Å². The maximum absolute atomic E-state index is 14.1. The number of hydrogen-bond acceptors (Lipinski definition) is 3. The van der Waals surface area contributed by atoms with Crippen LogP contribution in [0.4, 0.5) is 23.4 Å². The van der Waals surface area contributed by atoms with Crippen molar-refractivity contribution in [3.05, 3.63) is 47.9 Å². The van der Waals surface area contributed by atoms with Crippen LogP contribution in [0.3, 0.4) is 0 Å². The van der Waals surface area contributed by atoms with Gasteiger partial charge < -0.3 is 10.4 Å². The average Bonchev–Trinajstić information content (AvgIpc) is 2.68. The van der Waals surface area contributed by atoms with E-state index in [1.165, 1.54) is 18.3 Å². The number of aromatic nitrogens is 1. The lowest BCUT2D eigenvalue weighted by molar-refractivity contribution is -0.143. The second-order valence-corrected chi connectivity index (χ2v) is 7.36. The van der Waals surface area contributed by atoms with Gasteiger partial charge in [-0.15, -0.1) is 0 Å². The van der Waals surface area contributed by atoms with Crippen LogP contribution in [0.25, 0.3) is 11.1 Å². The Hall–Kier alpha value is -2.64. The van der Waals surface area contributed by atoms with Crippen molar-refractivity contribution in [2.75, 3.05) is 11.9 Å². The Morgan fingerprint density at radius 1 is 1.14 bits per heavy atom. The number of aliphatic carboxylic acids is 1. The largest absolute Gasteiger partial charge is 0.481 e. The fourth-order valence-corrected chi connectivity index (χ4v) is 3.80. The normalized spacial score (nSPS) is 19.7. The number of benzene rings is 1. The summed E-state index contributed by atoms with van der Waals surface area (Å²) in [5.74, 6) is -0.968. The molecule has 0 bridgehead atoms. The Kier molecular flexibility index (Phi) is 6.39. The summed E-state index contributed by atoms with van der Waals surface area (Å²) in [6, 6.07) is 5.83. The molecule has 1 aromatic heterocycles. The smallest absolute Gasteiger partial charge is 0.417 e. The summed E-state index contributed by atoms with van der Waals surface area (Å²) in [5.41, 5.74) is -1.47. The highest BCUT2D eigenvalue weighted by Crippen LogP contribution is 2.38. The Morgan fingerprint density at radius 3 is 2.45 bits per heavy atom. The van der Waals surface area contributed by atoms with E-state index >= 15 is 0 Å². The molecule has 0 unspecified atom stereocenters. The Labute approximate surface area is 166 Å². The lowest BCUT2D eigenvalue weighted by Crippen LogP contribution is -2.22. The molecule has 1 heterocycles. The van der Waals surface area contributed by atoms with E-state index in [1.807, 2.05) is 0 Å². The molecular formula is C21H22F4N2O2. The van der Waals surface area contributed by atoms with E-state index in [0.29, 0.717) is 31.1 Å². The summed E-state index contributed by atoms with van der Waals surface area (Å²) in [4.78, 5) is 15.1. The summed E-state index contributed by atoms with van der Waals surface area (Å²) in [6.07, 6.45) is 0.564. The molecule has 2 N–H and O–H groups in total. The third kappa shape index (κ3) is 5.25. The first-order valence-corrected chi connectivity index (χ1v) is 9.54. The molecule has 156 valence electrons. The fourth-order valence-electron chi connectivity index (χ4n) is 3.80. The first kappa shape index (κ1) is 21.1. The van der Waals surface area contributed by atoms with E-state index in [9.17, 15) is 22.4 Å². The van der Waals surface area contributed by atoms with Crippen molar-refractivity contribution >= 4 is 11.8 Å². The van der Waals surface area contributed by atoms with Crippen LogP contribution in [0.2, 0.25) is 0 Å². The summed E-state index contributed by atoms with van der Waals surface area (Å²) in [7, 11) is 0. The van der Waals surface area contributed by atoms with Crippen LogP contribution in [0.15, 0.2) is 36.5 Å². The van der Waals surface area contributed by atoms with Crippen molar-refractivity contribution in [3.8, 4) is 11.1 Å². The van der Waals surface area contributed by atoms with Crippen LogP contribution < -0.4 is 5.32 Å². The van der Waals surface area contributed by atoms with Crippen LogP contribution in [-0.2, 0) is 11.0 Å². The number of alkyl halides is 3. The molecule has 0 saturated heterocycles. The van der Waals surface area contributed by atoms with Crippen LogP contribution in [0, 0.1) is 17.7 Å². The van der Waals surface area contributed by atoms with Gasteiger partial charge in [-0.2, -0.15) is 13.2 Å². The summed E-state index contributed by atoms with van der Waals surface area (Å²) >= 11 is 0. The van der Waals surface area contributed by atoms with Gasteiger partial charge in [-0.3, -0.25) is 4.79 Å². The van der Waals surface area contributed by atoms with E-state index < -0.39 is 29.1 Å². The summed E-state index contributed by atoms with van der Waals surface area (Å²) in [6.45, 7) is 0.627. The Morgan fingerprint density at radius 2 is 1.86 bits per heavy atom. The molecule has 0 aliphatic heterocycles. The second kappa shape index (κ2) is 8.80. The van der Waals surface area contributed by atoms with E-state index in [-0.39, 0.29) is 11.5 Å². The predicted molar refractivity (Wildman–Crippen MR) is 101 cm³/mol. The number of halogens is 4. The van der Waals surface area contributed by atoms with Gasteiger partial charge in [-0.1, -0.05) is 6.07 Å². The predicted octanol–water partition coefficient (Wildman–Crippen LogP) is 5.60. The fraction of sp³-hybridized carbons (Fsp3) is 0.429. The first-order valence-electron chi connectivity index (χ1n) is 9.54. The van der Waals surface area contributed by atoms with Gasteiger partial charge in [-0.05, 0) is 62.3 Å². The number of carboxylic acid groups (broad SMARTS) is 1. The van der Waals surface area contributed by atoms with Crippen molar-refractivity contribution in [2.24, 2.45) is 11.8 Å². The highest BCUT2D eigenvalue weighted by Gasteiger charge is 2.35.